The van der Waals surface area contributed by atoms with E-state index in [-0.39, 0.29) is 45.9 Å². The van der Waals surface area contributed by atoms with E-state index in [1.165, 1.54) is 47.4 Å². The van der Waals surface area contributed by atoms with Crippen LogP contribution in [0.4, 0.5) is 21.6 Å². The van der Waals surface area contributed by atoms with Gasteiger partial charge in [-0.3, -0.25) is 28.0 Å². The topological polar surface area (TPSA) is 124 Å². The molecule has 2 aromatic carbocycles. The second kappa shape index (κ2) is 9.78. The monoisotopic (exact) mass is 639 g/mol. The van der Waals surface area contributed by atoms with Crippen molar-refractivity contribution in [3.05, 3.63) is 88.6 Å². The van der Waals surface area contributed by atoms with Gasteiger partial charge in [0.05, 0.1) is 28.8 Å². The lowest BCUT2D eigenvalue weighted by Crippen LogP contribution is -2.41. The fourth-order valence-corrected chi connectivity index (χ4v) is 5.16. The standard InChI is InChI=1S/C24H23FIN5O5S/c1-5-30-23(33)19-20(31(24(30)34)16-8-6-7-15(12-16)28-37(4,35)36)13(2)22(32)29(3)21(19)27-18-10-9-14(26)11-17(18)25/h6-12,27-28H,5H2,1-4H3. The molecule has 0 bridgehead atoms. The SMILES string of the molecule is CCn1c(=O)c2c(Nc3ccc(I)cc3F)n(C)c(=O)c(C)c2n(-c2cccc(NS(C)(=O)=O)c2)c1=O. The Balaban J connectivity index is 2.15. The van der Waals surface area contributed by atoms with E-state index in [1.54, 1.807) is 25.1 Å². The van der Waals surface area contributed by atoms with Crippen LogP contribution in [-0.4, -0.2) is 28.4 Å². The van der Waals surface area contributed by atoms with Crippen molar-refractivity contribution in [2.24, 2.45) is 7.05 Å². The molecular formula is C24H23FIN5O5S. The lowest BCUT2D eigenvalue weighted by molar-refractivity contribution is 0.607. The van der Waals surface area contributed by atoms with Crippen molar-refractivity contribution in [1.29, 1.82) is 0 Å². The van der Waals surface area contributed by atoms with Crippen LogP contribution in [0.1, 0.15) is 12.5 Å². The van der Waals surface area contributed by atoms with Gasteiger partial charge in [-0.05, 0) is 72.8 Å². The van der Waals surface area contributed by atoms with Gasteiger partial charge < -0.3 is 5.32 Å². The Labute approximate surface area is 224 Å². The average Bonchev–Trinajstić information content (AvgIpc) is 2.81. The van der Waals surface area contributed by atoms with E-state index in [0.29, 0.717) is 3.57 Å². The molecule has 0 saturated heterocycles. The summed E-state index contributed by atoms with van der Waals surface area (Å²) in [5.41, 5.74) is -1.26. The molecule has 0 aliphatic rings. The summed E-state index contributed by atoms with van der Waals surface area (Å²) >= 11 is 1.97. The van der Waals surface area contributed by atoms with E-state index in [2.05, 4.69) is 10.0 Å². The van der Waals surface area contributed by atoms with Crippen molar-refractivity contribution in [3.63, 3.8) is 0 Å². The maximum Gasteiger partial charge on any atom is 0.336 e. The zero-order valence-corrected chi connectivity index (χ0v) is 23.3. The Hall–Kier alpha value is -3.46. The summed E-state index contributed by atoms with van der Waals surface area (Å²) in [6.07, 6.45) is 0.994. The van der Waals surface area contributed by atoms with Crippen LogP contribution < -0.4 is 26.8 Å². The van der Waals surface area contributed by atoms with E-state index in [1.807, 2.05) is 22.6 Å². The third-order valence-electron chi connectivity index (χ3n) is 5.80. The molecule has 0 saturated carbocycles. The molecule has 194 valence electrons. The molecule has 0 radical (unpaired) electrons. The molecule has 0 spiro atoms. The summed E-state index contributed by atoms with van der Waals surface area (Å²) < 4.78 is 44.7. The minimum atomic E-state index is -3.61. The maximum absolute atomic E-state index is 14.7. The molecule has 4 rings (SSSR count). The number of rotatable bonds is 6. The number of fused-ring (bicyclic) bond motifs is 1. The molecule has 37 heavy (non-hydrogen) atoms. The third-order valence-corrected chi connectivity index (χ3v) is 7.08. The first-order valence-corrected chi connectivity index (χ1v) is 14.0. The zero-order valence-electron chi connectivity index (χ0n) is 20.3. The van der Waals surface area contributed by atoms with E-state index in [4.69, 9.17) is 0 Å². The van der Waals surface area contributed by atoms with Gasteiger partial charge in [-0.2, -0.15) is 0 Å². The molecule has 10 nitrogen and oxygen atoms in total. The van der Waals surface area contributed by atoms with E-state index >= 15 is 0 Å². The summed E-state index contributed by atoms with van der Waals surface area (Å²) in [4.78, 5) is 40.4. The van der Waals surface area contributed by atoms with Gasteiger partial charge >= 0.3 is 5.69 Å². The fourth-order valence-electron chi connectivity index (χ4n) is 4.15. The molecular weight excluding hydrogens is 616 g/mol. The highest BCUT2D eigenvalue weighted by molar-refractivity contribution is 14.1. The first-order valence-electron chi connectivity index (χ1n) is 11.0. The third kappa shape index (κ3) is 4.92. The highest BCUT2D eigenvalue weighted by atomic mass is 127. The Morgan fingerprint density at radius 3 is 2.38 bits per heavy atom. The van der Waals surface area contributed by atoms with Crippen LogP contribution in [0.25, 0.3) is 16.6 Å². The smallest absolute Gasteiger partial charge is 0.336 e. The number of anilines is 3. The van der Waals surface area contributed by atoms with E-state index in [9.17, 15) is 27.2 Å². The van der Waals surface area contributed by atoms with Crippen molar-refractivity contribution in [3.8, 4) is 5.69 Å². The van der Waals surface area contributed by atoms with Crippen LogP contribution in [0.3, 0.4) is 0 Å². The molecule has 2 N–H and O–H groups in total. The molecule has 0 atom stereocenters. The van der Waals surface area contributed by atoms with Crippen molar-refractivity contribution in [2.45, 2.75) is 20.4 Å². The lowest BCUT2D eigenvalue weighted by Gasteiger charge is -2.20. The van der Waals surface area contributed by atoms with Crippen LogP contribution in [0.5, 0.6) is 0 Å². The number of benzene rings is 2. The summed E-state index contributed by atoms with van der Waals surface area (Å²) in [5.74, 6) is -0.575. The molecule has 0 amide bonds. The number of pyridine rings is 1. The van der Waals surface area contributed by atoms with Gasteiger partial charge in [0.15, 0.2) is 0 Å². The van der Waals surface area contributed by atoms with E-state index < -0.39 is 32.6 Å². The minimum Gasteiger partial charge on any atom is -0.338 e. The number of hydrogen-bond acceptors (Lipinski definition) is 6. The average molecular weight is 639 g/mol. The quantitative estimate of drug-likeness (QED) is 0.313. The van der Waals surface area contributed by atoms with Gasteiger partial charge in [0.2, 0.25) is 10.0 Å². The number of aryl methyl sites for hydroxylation is 1. The van der Waals surface area contributed by atoms with Gasteiger partial charge in [-0.25, -0.2) is 17.6 Å². The van der Waals surface area contributed by atoms with Gasteiger partial charge in [-0.1, -0.05) is 6.07 Å². The zero-order chi connectivity index (χ0) is 27.2. The molecule has 0 aliphatic heterocycles. The highest BCUT2D eigenvalue weighted by Crippen LogP contribution is 2.28. The van der Waals surface area contributed by atoms with Crippen LogP contribution in [0, 0.1) is 16.3 Å². The minimum absolute atomic E-state index is 0.000440. The molecule has 2 heterocycles. The van der Waals surface area contributed by atoms with Crippen LogP contribution in [0.15, 0.2) is 56.8 Å². The van der Waals surface area contributed by atoms with E-state index in [0.717, 1.165) is 10.8 Å². The maximum atomic E-state index is 14.7. The summed E-state index contributed by atoms with van der Waals surface area (Å²) in [6, 6.07) is 10.5. The van der Waals surface area contributed by atoms with Crippen LogP contribution in [0.2, 0.25) is 0 Å². The molecule has 2 aromatic heterocycles. The van der Waals surface area contributed by atoms with Gasteiger partial charge in [0.25, 0.3) is 11.1 Å². The van der Waals surface area contributed by atoms with Crippen molar-refractivity contribution < 1.29 is 12.8 Å². The number of sulfonamides is 1. The lowest BCUT2D eigenvalue weighted by atomic mass is 10.1. The molecule has 0 unspecified atom stereocenters. The predicted molar refractivity (Wildman–Crippen MR) is 150 cm³/mol. The number of hydrogen-bond donors (Lipinski definition) is 2. The van der Waals surface area contributed by atoms with Crippen molar-refractivity contribution in [2.75, 3.05) is 16.3 Å². The number of halogens is 2. The molecule has 0 fully saturated rings. The normalized spacial score (nSPS) is 11.6. The summed E-state index contributed by atoms with van der Waals surface area (Å²) in [5, 5.41) is 2.88. The largest absolute Gasteiger partial charge is 0.338 e. The van der Waals surface area contributed by atoms with Gasteiger partial charge in [0.1, 0.15) is 17.0 Å². The van der Waals surface area contributed by atoms with Crippen LogP contribution >= 0.6 is 22.6 Å². The Morgan fingerprint density at radius 2 is 1.76 bits per heavy atom. The van der Waals surface area contributed by atoms with Crippen molar-refractivity contribution >= 4 is 60.7 Å². The second-order valence-corrected chi connectivity index (χ2v) is 11.4. The van der Waals surface area contributed by atoms with Crippen LogP contribution in [-0.2, 0) is 23.6 Å². The first-order chi connectivity index (χ1) is 17.3. The Bertz CT molecular complexity index is 1860. The first kappa shape index (κ1) is 26.6. The van der Waals surface area contributed by atoms with Gasteiger partial charge in [-0.15, -0.1) is 0 Å². The molecule has 4 aromatic rings. The fraction of sp³-hybridized carbons (Fsp3) is 0.208. The second-order valence-electron chi connectivity index (χ2n) is 8.40. The Morgan fingerprint density at radius 1 is 1.05 bits per heavy atom. The number of aromatic nitrogens is 3. The van der Waals surface area contributed by atoms with Crippen molar-refractivity contribution in [1.82, 2.24) is 13.7 Å². The Kier molecular flexibility index (Phi) is 7.03. The molecule has 0 aliphatic carbocycles. The van der Waals surface area contributed by atoms with Gasteiger partial charge in [0, 0.05) is 22.7 Å². The summed E-state index contributed by atoms with van der Waals surface area (Å²) in [7, 11) is -2.16. The number of nitrogens with zero attached hydrogens (tertiary/aromatic N) is 3. The summed E-state index contributed by atoms with van der Waals surface area (Å²) in [6.45, 7) is 3.14. The highest BCUT2D eigenvalue weighted by Gasteiger charge is 2.23. The number of nitrogens with one attached hydrogen (secondary N) is 2. The molecule has 13 heteroatoms. The predicted octanol–water partition coefficient (Wildman–Crippen LogP) is 3.04.